The molecule has 10 rings (SSSR count). The molecule has 0 amide bonds. The van der Waals surface area contributed by atoms with Crippen LogP contribution in [0.2, 0.25) is 0 Å². The van der Waals surface area contributed by atoms with Crippen LogP contribution >= 0.6 is 15.6 Å². The monoisotopic (exact) mass is 1110 g/mol. The summed E-state index contributed by atoms with van der Waals surface area (Å²) in [6.45, 7) is 8.90. The van der Waals surface area contributed by atoms with Crippen LogP contribution < -0.4 is 107 Å². The van der Waals surface area contributed by atoms with E-state index in [1.165, 1.54) is 0 Å². The molecule has 2 heterocycles. The summed E-state index contributed by atoms with van der Waals surface area (Å²) in [6.07, 6.45) is 3.81. The van der Waals surface area contributed by atoms with Gasteiger partial charge in [-0.25, -0.2) is 0 Å². The summed E-state index contributed by atoms with van der Waals surface area (Å²) in [5.41, 5.74) is 8.83. The van der Waals surface area contributed by atoms with E-state index in [0.29, 0.717) is 84.4 Å². The maximum Gasteiger partial charge on any atom is 1.00 e. The first-order chi connectivity index (χ1) is 36.8. The summed E-state index contributed by atoms with van der Waals surface area (Å²) in [4.78, 5) is 25.9. The number of hydrogen-bond acceptors (Lipinski definition) is 14. The number of fused-ring (bicyclic) bond motifs is 4. The third kappa shape index (κ3) is 13.0. The number of aryl methyl sites for hydroxylation is 2. The predicted octanol–water partition coefficient (Wildman–Crippen LogP) is 3.72. The summed E-state index contributed by atoms with van der Waals surface area (Å²) in [5, 5.41) is 25.9. The van der Waals surface area contributed by atoms with Crippen molar-refractivity contribution in [3.8, 4) is 46.0 Å². The van der Waals surface area contributed by atoms with Gasteiger partial charge >= 0.3 is 74.7 Å². The zero-order chi connectivity index (χ0) is 53.6. The predicted molar refractivity (Wildman–Crippen MR) is 284 cm³/mol. The first kappa shape index (κ1) is 60.5. The van der Waals surface area contributed by atoms with Crippen molar-refractivity contribution in [1.82, 2.24) is 0 Å². The van der Waals surface area contributed by atoms with Gasteiger partial charge in [-0.3, -0.25) is 0 Å². The maximum atomic E-state index is 13.0. The third-order valence-corrected chi connectivity index (χ3v) is 16.4. The molecule has 14 nitrogen and oxygen atoms in total. The molecule has 6 aromatic carbocycles. The molecule has 18 heteroatoms. The third-order valence-electron chi connectivity index (χ3n) is 14.7. The molecule has 78 heavy (non-hydrogen) atoms. The summed E-state index contributed by atoms with van der Waals surface area (Å²) in [6, 6.07) is 34.3. The number of ether oxygens (including phenoxy) is 8. The number of rotatable bonds is 20. The van der Waals surface area contributed by atoms with Gasteiger partial charge in [0, 0.05) is 60.3 Å². The van der Waals surface area contributed by atoms with Crippen LogP contribution in [-0.4, -0.2) is 78.6 Å². The SMILES string of the molecule is CCCOc1ccc2c(c1)C(c1ccc(OC)cc1CC[P+](C)=O)C(C(=O)[O-])C2c1ccc2c(c1)OCO2.CCCOc1ccc2c(c1)C(c1ccc(OC)cc1CC[P+](C)=O)C(C(=O)[O-])C2c1ccc2c(c1)OCO2.[Na+].[Na+]. The molecule has 0 saturated carbocycles. The second-order valence-corrected chi connectivity index (χ2v) is 22.8. The minimum Gasteiger partial charge on any atom is -0.550 e. The molecule has 2 aliphatic heterocycles. The Hall–Kier alpha value is -5.14. The van der Waals surface area contributed by atoms with Crippen molar-refractivity contribution < 1.29 is 126 Å². The van der Waals surface area contributed by atoms with E-state index in [4.69, 9.17) is 37.9 Å². The smallest absolute Gasteiger partial charge is 0.550 e. The zero-order valence-electron chi connectivity index (χ0n) is 45.5. The number of aliphatic carboxylic acids is 2. The largest absolute Gasteiger partial charge is 1.00 e. The van der Waals surface area contributed by atoms with Crippen LogP contribution in [0.4, 0.5) is 0 Å². The summed E-state index contributed by atoms with van der Waals surface area (Å²) in [5.74, 6) is -0.713. The van der Waals surface area contributed by atoms with Crippen molar-refractivity contribution in [2.45, 2.75) is 63.2 Å². The van der Waals surface area contributed by atoms with Crippen molar-refractivity contribution in [3.63, 3.8) is 0 Å². The van der Waals surface area contributed by atoms with E-state index in [0.717, 1.165) is 68.5 Å². The van der Waals surface area contributed by atoms with Crippen LogP contribution in [-0.2, 0) is 31.6 Å². The molecule has 0 saturated heterocycles. The quantitative estimate of drug-likeness (QED) is 0.0795. The van der Waals surface area contributed by atoms with E-state index in [2.05, 4.69) is 0 Å². The fraction of sp³-hybridized carbons (Fsp3) is 0.367. The molecule has 0 N–H and O–H groups in total. The number of carboxylic acids is 2. The number of carbonyl (C=O) groups excluding carboxylic acids is 2. The molecule has 396 valence electrons. The summed E-state index contributed by atoms with van der Waals surface area (Å²) < 4.78 is 69.1. The molecule has 0 aromatic heterocycles. The van der Waals surface area contributed by atoms with Gasteiger partial charge in [0.25, 0.3) is 0 Å². The second-order valence-electron chi connectivity index (χ2n) is 19.4. The number of hydrogen-bond donors (Lipinski definition) is 0. The fourth-order valence-corrected chi connectivity index (χ4v) is 12.4. The van der Waals surface area contributed by atoms with Gasteiger partial charge in [-0.2, -0.15) is 0 Å². The van der Waals surface area contributed by atoms with Gasteiger partial charge < -0.3 is 57.7 Å². The van der Waals surface area contributed by atoms with E-state index in [-0.39, 0.29) is 72.7 Å². The maximum absolute atomic E-state index is 13.0. The van der Waals surface area contributed by atoms with Crippen molar-refractivity contribution in [1.29, 1.82) is 0 Å². The van der Waals surface area contributed by atoms with Crippen LogP contribution in [0.5, 0.6) is 46.0 Å². The number of carbonyl (C=O) groups is 2. The van der Waals surface area contributed by atoms with E-state index < -0.39 is 63.0 Å². The molecule has 0 fully saturated rings. The Morgan fingerprint density at radius 2 is 0.859 bits per heavy atom. The van der Waals surface area contributed by atoms with Crippen molar-refractivity contribution in [2.75, 3.05) is 66.7 Å². The van der Waals surface area contributed by atoms with Crippen molar-refractivity contribution in [2.24, 2.45) is 11.8 Å². The normalized spacial score (nSPS) is 19.2. The number of carboxylic acid groups (broad SMARTS) is 2. The Labute approximate surface area is 502 Å². The molecule has 2 aliphatic carbocycles. The molecule has 0 bridgehead atoms. The summed E-state index contributed by atoms with van der Waals surface area (Å²) in [7, 11) is 0.469. The van der Waals surface area contributed by atoms with Crippen molar-refractivity contribution >= 4 is 27.5 Å². The Morgan fingerprint density at radius 1 is 0.487 bits per heavy atom. The van der Waals surface area contributed by atoms with E-state index in [1.54, 1.807) is 27.5 Å². The van der Waals surface area contributed by atoms with Gasteiger partial charge in [0.1, 0.15) is 48.7 Å². The first-order valence-electron chi connectivity index (χ1n) is 25.7. The molecule has 8 atom stereocenters. The van der Waals surface area contributed by atoms with Gasteiger partial charge in [0.2, 0.25) is 13.6 Å². The number of methoxy groups -OCH3 is 2. The molecule has 0 spiro atoms. The molecular formula is C60H62Na2O14P2+2. The topological polar surface area (TPSA) is 188 Å². The Balaban J connectivity index is 0.000000220. The fourth-order valence-electron chi connectivity index (χ4n) is 11.3. The first-order valence-corrected chi connectivity index (χ1v) is 29.4. The van der Waals surface area contributed by atoms with E-state index >= 15 is 0 Å². The minimum atomic E-state index is -1.36. The molecule has 8 unspecified atom stereocenters. The van der Waals surface area contributed by atoms with Crippen LogP contribution in [0.1, 0.15) is 106 Å². The summed E-state index contributed by atoms with van der Waals surface area (Å²) >= 11 is 0. The van der Waals surface area contributed by atoms with Crippen LogP contribution in [0, 0.1) is 11.8 Å². The zero-order valence-corrected chi connectivity index (χ0v) is 51.3. The number of benzene rings is 6. The van der Waals surface area contributed by atoms with Gasteiger partial charge in [-0.1, -0.05) is 59.4 Å². The van der Waals surface area contributed by atoms with Gasteiger partial charge in [0.15, 0.2) is 23.0 Å². The molecule has 4 aliphatic rings. The standard InChI is InChI=1S/2C30H31O7P.2Na/c2*1-4-12-35-21-7-9-23-24(16-21)28(22-8-6-20(34-2)14-18(22)11-13-38(3)33)29(30(31)32)27(23)19-5-10-25-26(15-19)37-17-36-25;;/h2*5-10,14-16,27-29H,4,11-13,17H2,1-3H3;;/q;;2*+1. The van der Waals surface area contributed by atoms with Gasteiger partial charge in [-0.05, 0) is 141 Å². The van der Waals surface area contributed by atoms with E-state index in [9.17, 15) is 28.9 Å². The van der Waals surface area contributed by atoms with Crippen LogP contribution in [0.3, 0.4) is 0 Å². The second kappa shape index (κ2) is 27.3. The Morgan fingerprint density at radius 3 is 1.22 bits per heavy atom. The molecule has 6 aromatic rings. The Bertz CT molecular complexity index is 2960. The Kier molecular flexibility index (Phi) is 21.2. The average molecular weight is 1120 g/mol. The van der Waals surface area contributed by atoms with E-state index in [1.807, 2.05) is 123 Å². The average Bonchev–Trinajstić information content (AvgIpc) is 4.38. The van der Waals surface area contributed by atoms with Crippen LogP contribution in [0.15, 0.2) is 109 Å². The van der Waals surface area contributed by atoms with Gasteiger partial charge in [0.05, 0.1) is 27.4 Å². The minimum absolute atomic E-state index is 0. The van der Waals surface area contributed by atoms with Crippen LogP contribution in [0.25, 0.3) is 0 Å². The van der Waals surface area contributed by atoms with Gasteiger partial charge in [-0.15, -0.1) is 0 Å². The molecular weight excluding hydrogens is 1050 g/mol. The van der Waals surface area contributed by atoms with Crippen molar-refractivity contribution in [3.05, 3.63) is 165 Å². The molecule has 0 radical (unpaired) electrons.